The summed E-state index contributed by atoms with van der Waals surface area (Å²) in [6.07, 6.45) is 2.15. The largest absolute Gasteiger partial charge is 0.335 e. The summed E-state index contributed by atoms with van der Waals surface area (Å²) in [6, 6.07) is 0.147. The van der Waals surface area contributed by atoms with Gasteiger partial charge in [-0.1, -0.05) is 62.3 Å². The Morgan fingerprint density at radius 1 is 0.926 bits per heavy atom. The molecule has 3 aliphatic rings. The Balaban J connectivity index is 2.11. The van der Waals surface area contributed by atoms with Crippen LogP contribution < -0.4 is 0 Å². The number of fused-ring (bicyclic) bond motifs is 1. The smallest absolute Gasteiger partial charge is 0.226 e. The topological polar surface area (TPSA) is 35.9 Å². The molecule has 2 aliphatic heterocycles. The molecule has 0 spiro atoms. The van der Waals surface area contributed by atoms with E-state index in [0.717, 1.165) is 32.5 Å². The highest BCUT2D eigenvalue weighted by atomic mass is 16.2. The van der Waals surface area contributed by atoms with E-state index in [0.29, 0.717) is 5.91 Å². The lowest BCUT2D eigenvalue weighted by molar-refractivity contribution is -0.133. The molecule has 27 heavy (non-hydrogen) atoms. The molecule has 3 rings (SSSR count). The van der Waals surface area contributed by atoms with Crippen LogP contribution in [0.4, 0.5) is 0 Å². The maximum absolute atomic E-state index is 12.8. The molecule has 152 valence electrons. The molecule has 0 aromatic heterocycles. The molecule has 0 aromatic carbocycles. The minimum Gasteiger partial charge on any atom is -0.335 e. The van der Waals surface area contributed by atoms with Gasteiger partial charge >= 0.3 is 0 Å². The lowest BCUT2D eigenvalue weighted by atomic mass is 9.70. The van der Waals surface area contributed by atoms with E-state index in [4.69, 9.17) is 4.99 Å². The number of carbonyl (C=O) groups is 1. The van der Waals surface area contributed by atoms with Gasteiger partial charge in [-0.2, -0.15) is 0 Å². The van der Waals surface area contributed by atoms with E-state index in [2.05, 4.69) is 72.1 Å². The monoisotopic (exact) mass is 373 g/mol. The standard InChI is InChI=1S/C23H39N3O/c1-21(2,3)17-16-14-25(19(27)15-10-11-15)12-13-26(16)20(23(7,8)9)24-18(17)22(4,5)6/h15,18H,10-14H2,1-9H3. The second-order valence-corrected chi connectivity index (χ2v) is 11.8. The van der Waals surface area contributed by atoms with Crippen LogP contribution in [0.25, 0.3) is 0 Å². The normalized spacial score (nSPS) is 24.8. The fourth-order valence-corrected chi connectivity index (χ4v) is 4.42. The molecule has 0 N–H and O–H groups in total. The molecule has 1 unspecified atom stereocenters. The van der Waals surface area contributed by atoms with Crippen molar-refractivity contribution < 1.29 is 4.79 Å². The van der Waals surface area contributed by atoms with Gasteiger partial charge < -0.3 is 9.80 Å². The number of hydrogen-bond donors (Lipinski definition) is 0. The highest BCUT2D eigenvalue weighted by Gasteiger charge is 2.46. The van der Waals surface area contributed by atoms with Crippen molar-refractivity contribution in [3.05, 3.63) is 11.3 Å². The van der Waals surface area contributed by atoms with Crippen LogP contribution in [0.15, 0.2) is 16.3 Å². The van der Waals surface area contributed by atoms with Gasteiger partial charge in [0.05, 0.1) is 12.6 Å². The molecule has 1 saturated carbocycles. The molecule has 4 nitrogen and oxygen atoms in total. The van der Waals surface area contributed by atoms with E-state index in [1.807, 2.05) is 0 Å². The molecular formula is C23H39N3O. The zero-order valence-electron chi connectivity index (χ0n) is 18.9. The van der Waals surface area contributed by atoms with Gasteiger partial charge in [-0.05, 0) is 29.2 Å². The van der Waals surface area contributed by atoms with Crippen molar-refractivity contribution in [1.82, 2.24) is 9.80 Å². The molecule has 4 heteroatoms. The molecule has 0 bridgehead atoms. The highest BCUT2D eigenvalue weighted by molar-refractivity contribution is 5.91. The Morgan fingerprint density at radius 3 is 1.96 bits per heavy atom. The summed E-state index contributed by atoms with van der Waals surface area (Å²) in [5, 5.41) is 0. The maximum Gasteiger partial charge on any atom is 0.226 e. The van der Waals surface area contributed by atoms with Crippen molar-refractivity contribution in [3.8, 4) is 0 Å². The van der Waals surface area contributed by atoms with Crippen LogP contribution in [0.1, 0.15) is 75.2 Å². The van der Waals surface area contributed by atoms with Crippen LogP contribution in [-0.2, 0) is 4.79 Å². The summed E-state index contributed by atoms with van der Waals surface area (Å²) in [6.45, 7) is 22.9. The van der Waals surface area contributed by atoms with Crippen molar-refractivity contribution in [2.75, 3.05) is 19.6 Å². The van der Waals surface area contributed by atoms with Crippen molar-refractivity contribution in [3.63, 3.8) is 0 Å². The van der Waals surface area contributed by atoms with Crippen molar-refractivity contribution in [2.45, 2.75) is 81.2 Å². The van der Waals surface area contributed by atoms with E-state index < -0.39 is 0 Å². The predicted molar refractivity (Wildman–Crippen MR) is 113 cm³/mol. The van der Waals surface area contributed by atoms with Gasteiger partial charge in [0.2, 0.25) is 5.91 Å². The summed E-state index contributed by atoms with van der Waals surface area (Å²) in [4.78, 5) is 22.7. The van der Waals surface area contributed by atoms with Crippen molar-refractivity contribution in [1.29, 1.82) is 0 Å². The number of nitrogens with zero attached hydrogens (tertiary/aromatic N) is 3. The van der Waals surface area contributed by atoms with Crippen LogP contribution in [0.3, 0.4) is 0 Å². The fourth-order valence-electron chi connectivity index (χ4n) is 4.42. The number of amidine groups is 1. The van der Waals surface area contributed by atoms with Crippen LogP contribution >= 0.6 is 0 Å². The average molecular weight is 374 g/mol. The minimum absolute atomic E-state index is 0.0131. The van der Waals surface area contributed by atoms with E-state index in [9.17, 15) is 4.79 Å². The van der Waals surface area contributed by atoms with E-state index in [1.165, 1.54) is 17.1 Å². The molecule has 1 saturated heterocycles. The van der Waals surface area contributed by atoms with Gasteiger partial charge in [-0.25, -0.2) is 0 Å². The predicted octanol–water partition coefficient (Wildman–Crippen LogP) is 4.71. The van der Waals surface area contributed by atoms with Gasteiger partial charge in [-0.15, -0.1) is 0 Å². The van der Waals surface area contributed by atoms with Gasteiger partial charge in [0.15, 0.2) is 0 Å². The molecule has 1 aliphatic carbocycles. The van der Waals surface area contributed by atoms with Gasteiger partial charge in [0.1, 0.15) is 5.84 Å². The SMILES string of the molecule is CC(C)(C)C1=NC(C(C)(C)C)C(C(C)(C)C)=C2CN(C(=O)C3CC3)CCN12. The van der Waals surface area contributed by atoms with E-state index in [1.54, 1.807) is 0 Å². The molecule has 1 amide bonds. The number of rotatable bonds is 1. The number of piperazine rings is 1. The Bertz CT molecular complexity index is 678. The Labute approximate surface area is 166 Å². The number of carbonyl (C=O) groups excluding carboxylic acids is 1. The molecule has 0 aromatic rings. The second kappa shape index (κ2) is 6.35. The second-order valence-electron chi connectivity index (χ2n) is 11.8. The van der Waals surface area contributed by atoms with Crippen molar-refractivity contribution in [2.24, 2.45) is 27.2 Å². The van der Waals surface area contributed by atoms with Gasteiger partial charge in [0.25, 0.3) is 0 Å². The van der Waals surface area contributed by atoms with Crippen LogP contribution in [0, 0.1) is 22.2 Å². The molecule has 0 radical (unpaired) electrons. The van der Waals surface area contributed by atoms with Crippen LogP contribution in [0.2, 0.25) is 0 Å². The van der Waals surface area contributed by atoms with E-state index >= 15 is 0 Å². The Kier molecular flexibility index (Phi) is 4.80. The summed E-state index contributed by atoms with van der Waals surface area (Å²) in [5.41, 5.74) is 2.80. The quantitative estimate of drug-likeness (QED) is 0.667. The van der Waals surface area contributed by atoms with E-state index in [-0.39, 0.29) is 28.2 Å². The first-order valence-electron chi connectivity index (χ1n) is 10.6. The third-order valence-electron chi connectivity index (χ3n) is 5.89. The molecule has 2 fully saturated rings. The summed E-state index contributed by atoms with van der Waals surface area (Å²) in [5.74, 6) is 1.83. The van der Waals surface area contributed by atoms with Crippen LogP contribution in [-0.4, -0.2) is 47.2 Å². The number of aliphatic imine (C=N–C) groups is 1. The number of amides is 1. The Morgan fingerprint density at radius 2 is 1.52 bits per heavy atom. The minimum atomic E-state index is -0.0131. The zero-order valence-corrected chi connectivity index (χ0v) is 18.9. The highest BCUT2D eigenvalue weighted by Crippen LogP contribution is 2.45. The molecular weight excluding hydrogens is 334 g/mol. The molecule has 1 atom stereocenters. The average Bonchev–Trinajstić information content (AvgIpc) is 3.33. The third kappa shape index (κ3) is 3.95. The fraction of sp³-hybridized carbons (Fsp3) is 0.826. The molecule has 2 heterocycles. The van der Waals surface area contributed by atoms with Crippen molar-refractivity contribution >= 4 is 11.7 Å². The summed E-state index contributed by atoms with van der Waals surface area (Å²) < 4.78 is 0. The third-order valence-corrected chi connectivity index (χ3v) is 5.89. The summed E-state index contributed by atoms with van der Waals surface area (Å²) in [7, 11) is 0. The summed E-state index contributed by atoms with van der Waals surface area (Å²) >= 11 is 0. The number of hydrogen-bond acceptors (Lipinski definition) is 3. The lowest BCUT2D eigenvalue weighted by Crippen LogP contribution is -2.56. The first kappa shape index (κ1) is 20.4. The first-order valence-corrected chi connectivity index (χ1v) is 10.6. The maximum atomic E-state index is 12.8. The first-order chi connectivity index (χ1) is 12.2. The lowest BCUT2D eigenvalue weighted by Gasteiger charge is -2.51. The van der Waals surface area contributed by atoms with Gasteiger partial charge in [0, 0.05) is 30.1 Å². The van der Waals surface area contributed by atoms with Gasteiger partial charge in [-0.3, -0.25) is 9.79 Å². The zero-order chi connectivity index (χ0) is 20.4. The Hall–Kier alpha value is -1.32. The van der Waals surface area contributed by atoms with Crippen LogP contribution in [0.5, 0.6) is 0 Å².